The van der Waals surface area contributed by atoms with E-state index in [1.807, 2.05) is 13.0 Å². The van der Waals surface area contributed by atoms with Crippen LogP contribution in [0.15, 0.2) is 48.9 Å². The van der Waals surface area contributed by atoms with Gasteiger partial charge in [0.05, 0.1) is 40.2 Å². The van der Waals surface area contributed by atoms with Gasteiger partial charge in [0, 0.05) is 37.2 Å². The molecule has 1 aliphatic rings. The van der Waals surface area contributed by atoms with E-state index in [0.29, 0.717) is 45.2 Å². The molecule has 0 fully saturated rings. The molecule has 9 nitrogen and oxygen atoms in total. The van der Waals surface area contributed by atoms with Crippen LogP contribution < -0.4 is 15.4 Å². The second-order valence-corrected chi connectivity index (χ2v) is 8.97. The predicted molar refractivity (Wildman–Crippen MR) is 133 cm³/mol. The van der Waals surface area contributed by atoms with Crippen LogP contribution in [0.25, 0.3) is 11.0 Å². The zero-order valence-corrected chi connectivity index (χ0v) is 20.0. The van der Waals surface area contributed by atoms with Crippen molar-refractivity contribution in [1.82, 2.24) is 15.0 Å². The van der Waals surface area contributed by atoms with Crippen LogP contribution in [0, 0.1) is 6.92 Å². The molecule has 0 radical (unpaired) electrons. The van der Waals surface area contributed by atoms with Crippen molar-refractivity contribution in [1.29, 1.82) is 0 Å². The van der Waals surface area contributed by atoms with Gasteiger partial charge >= 0.3 is 0 Å². The van der Waals surface area contributed by atoms with Crippen LogP contribution in [0.5, 0.6) is 11.6 Å². The number of aryl methyl sites for hydroxylation is 1. The molecule has 1 atom stereocenters. The number of nitrogens with zero attached hydrogens (tertiary/aromatic N) is 2. The summed E-state index contributed by atoms with van der Waals surface area (Å²) in [6, 6.07) is 8.53. The molecule has 0 saturated carbocycles. The molecule has 1 amide bonds. The first kappa shape index (κ1) is 22.8. The highest BCUT2D eigenvalue weighted by atomic mass is 35.5. The fraction of sp³-hybridized carbons (Fsp3) is 0.200. The second-order valence-electron chi connectivity index (χ2n) is 8.56. The van der Waals surface area contributed by atoms with Gasteiger partial charge in [-0.25, -0.2) is 9.97 Å². The number of aromatic nitrogens is 3. The molecular formula is C25H22ClN5O4. The van der Waals surface area contributed by atoms with Crippen molar-refractivity contribution in [2.75, 3.05) is 24.4 Å². The van der Waals surface area contributed by atoms with Crippen molar-refractivity contribution < 1.29 is 19.1 Å². The number of hydrogen-bond acceptors (Lipinski definition) is 7. The number of ether oxygens (including phenoxy) is 2. The van der Waals surface area contributed by atoms with Crippen molar-refractivity contribution in [2.45, 2.75) is 19.4 Å². The topological polar surface area (TPSA) is 118 Å². The number of pyridine rings is 2. The number of aromatic amines is 1. The number of rotatable bonds is 6. The lowest BCUT2D eigenvalue weighted by Gasteiger charge is -2.35. The summed E-state index contributed by atoms with van der Waals surface area (Å²) >= 11 is 6.50. The summed E-state index contributed by atoms with van der Waals surface area (Å²) in [4.78, 5) is 37.8. The van der Waals surface area contributed by atoms with Crippen molar-refractivity contribution in [3.8, 4) is 11.6 Å². The molecule has 3 aromatic heterocycles. The number of hydrogen-bond donors (Lipinski definition) is 3. The molecule has 0 spiro atoms. The third-order valence-electron chi connectivity index (χ3n) is 5.83. The highest BCUT2D eigenvalue weighted by Gasteiger charge is 2.39. The van der Waals surface area contributed by atoms with Crippen molar-refractivity contribution in [3.63, 3.8) is 0 Å². The van der Waals surface area contributed by atoms with E-state index < -0.39 is 5.54 Å². The summed E-state index contributed by atoms with van der Waals surface area (Å²) < 4.78 is 11.0. The number of carbonyl (C=O) groups excluding carboxylic acids is 2. The summed E-state index contributed by atoms with van der Waals surface area (Å²) in [5, 5.41) is 6.88. The predicted octanol–water partition coefficient (Wildman–Crippen LogP) is 4.71. The molecule has 10 heteroatoms. The van der Waals surface area contributed by atoms with E-state index >= 15 is 0 Å². The maximum Gasteiger partial charge on any atom is 0.252 e. The number of methoxy groups -OCH3 is 1. The van der Waals surface area contributed by atoms with Gasteiger partial charge in [0.15, 0.2) is 5.78 Å². The second kappa shape index (κ2) is 8.68. The summed E-state index contributed by atoms with van der Waals surface area (Å²) in [6.45, 7) is 3.81. The van der Waals surface area contributed by atoms with Crippen LogP contribution in [-0.4, -0.2) is 45.9 Å². The lowest BCUT2D eigenvalue weighted by atomic mass is 9.96. The van der Waals surface area contributed by atoms with Crippen LogP contribution in [0.3, 0.4) is 0 Å². The monoisotopic (exact) mass is 491 g/mol. The zero-order valence-electron chi connectivity index (χ0n) is 19.2. The van der Waals surface area contributed by atoms with Gasteiger partial charge in [0.1, 0.15) is 16.9 Å². The summed E-state index contributed by atoms with van der Waals surface area (Å²) in [5.41, 5.74) is 2.21. The fourth-order valence-corrected chi connectivity index (χ4v) is 4.31. The van der Waals surface area contributed by atoms with Crippen LogP contribution in [0.1, 0.15) is 28.4 Å². The molecule has 178 valence electrons. The third-order valence-corrected chi connectivity index (χ3v) is 6.14. The van der Waals surface area contributed by atoms with Crippen molar-refractivity contribution >= 4 is 45.7 Å². The van der Waals surface area contributed by atoms with Gasteiger partial charge in [-0.05, 0) is 37.6 Å². The van der Waals surface area contributed by atoms with Gasteiger partial charge < -0.3 is 25.1 Å². The lowest BCUT2D eigenvalue weighted by molar-refractivity contribution is -0.121. The number of fused-ring (bicyclic) bond motifs is 3. The van der Waals surface area contributed by atoms with Crippen LogP contribution in [-0.2, 0) is 9.53 Å². The van der Waals surface area contributed by atoms with E-state index in [2.05, 4.69) is 25.6 Å². The molecule has 0 bridgehead atoms. The lowest BCUT2D eigenvalue weighted by Crippen LogP contribution is -2.53. The maximum absolute atomic E-state index is 13.6. The molecule has 35 heavy (non-hydrogen) atoms. The van der Waals surface area contributed by atoms with Gasteiger partial charge in [-0.2, -0.15) is 0 Å². The van der Waals surface area contributed by atoms with Gasteiger partial charge in [-0.15, -0.1) is 0 Å². The quantitative estimate of drug-likeness (QED) is 0.334. The number of amides is 1. The van der Waals surface area contributed by atoms with E-state index in [1.54, 1.807) is 43.6 Å². The number of ketones is 1. The first-order valence-electron chi connectivity index (χ1n) is 10.8. The number of halogens is 1. The van der Waals surface area contributed by atoms with Gasteiger partial charge in [0.2, 0.25) is 5.88 Å². The highest BCUT2D eigenvalue weighted by molar-refractivity contribution is 6.36. The first-order valence-corrected chi connectivity index (χ1v) is 11.2. The van der Waals surface area contributed by atoms with Gasteiger partial charge in [-0.3, -0.25) is 9.59 Å². The number of carbonyl (C=O) groups is 2. The highest BCUT2D eigenvalue weighted by Crippen LogP contribution is 2.39. The molecule has 1 unspecified atom stereocenters. The van der Waals surface area contributed by atoms with Gasteiger partial charge in [0.25, 0.3) is 5.91 Å². The molecular weight excluding hydrogens is 470 g/mol. The first-order chi connectivity index (χ1) is 16.8. The van der Waals surface area contributed by atoms with Gasteiger partial charge in [-0.1, -0.05) is 11.6 Å². The molecule has 1 aromatic carbocycles. The molecule has 5 rings (SSSR count). The minimum Gasteiger partial charge on any atom is -0.439 e. The third kappa shape index (κ3) is 4.09. The SMILES string of the molecule is COCC1(C)Nc2c(cnc3[nH]cc(C(=O)c4ccc(Oc5cc(C)ccn5)cc4Cl)c23)NC1=O. The Bertz CT molecular complexity index is 1480. The molecule has 4 aromatic rings. The molecule has 0 saturated heterocycles. The number of H-pyrrole nitrogens is 1. The number of nitrogens with one attached hydrogen (secondary N) is 3. The summed E-state index contributed by atoms with van der Waals surface area (Å²) in [7, 11) is 1.52. The largest absolute Gasteiger partial charge is 0.439 e. The normalized spacial score (nSPS) is 17.0. The molecule has 4 heterocycles. The molecule has 3 N–H and O–H groups in total. The van der Waals surface area contributed by atoms with Crippen LogP contribution in [0.2, 0.25) is 5.02 Å². The van der Waals surface area contributed by atoms with E-state index in [9.17, 15) is 9.59 Å². The van der Waals surface area contributed by atoms with E-state index in [1.165, 1.54) is 13.3 Å². The Morgan fingerprint density at radius 2 is 2.00 bits per heavy atom. The summed E-state index contributed by atoms with van der Waals surface area (Å²) in [5.74, 6) is 0.339. The Balaban J connectivity index is 1.51. The Labute approximate surface area is 205 Å². The van der Waals surface area contributed by atoms with E-state index in [4.69, 9.17) is 21.1 Å². The maximum atomic E-state index is 13.6. The number of anilines is 2. The summed E-state index contributed by atoms with van der Waals surface area (Å²) in [6.07, 6.45) is 4.78. The Morgan fingerprint density at radius 3 is 2.74 bits per heavy atom. The number of benzene rings is 1. The van der Waals surface area contributed by atoms with Crippen LogP contribution in [0.4, 0.5) is 11.4 Å². The minimum atomic E-state index is -1.02. The van der Waals surface area contributed by atoms with Crippen molar-refractivity contribution in [2.24, 2.45) is 0 Å². The van der Waals surface area contributed by atoms with Crippen molar-refractivity contribution in [3.05, 3.63) is 70.6 Å². The van der Waals surface area contributed by atoms with Crippen LogP contribution >= 0.6 is 11.6 Å². The average Bonchev–Trinajstić information content (AvgIpc) is 3.25. The van der Waals surface area contributed by atoms with E-state index in [0.717, 1.165) is 5.56 Å². The average molecular weight is 492 g/mol. The Kier molecular flexibility index (Phi) is 5.66. The molecule has 0 aliphatic carbocycles. The standard InChI is InChI=1S/C25H22ClN5O4/c1-13-6-7-27-19(8-13)35-14-4-5-15(17(26)9-14)22(32)16-10-28-23-20(16)21-18(11-29-23)30-24(33)25(2,31-21)12-34-3/h4-11,31H,12H2,1-3H3,(H,28,29)(H,30,33). The minimum absolute atomic E-state index is 0.138. The Hall–Kier alpha value is -3.95. The Morgan fingerprint density at radius 1 is 1.17 bits per heavy atom. The molecule has 1 aliphatic heterocycles. The van der Waals surface area contributed by atoms with E-state index in [-0.39, 0.29) is 23.3 Å². The fourth-order valence-electron chi connectivity index (χ4n) is 4.06. The zero-order chi connectivity index (χ0) is 24.7. The smallest absolute Gasteiger partial charge is 0.252 e.